The number of carbonyl (C=O) groups is 2. The highest BCUT2D eigenvalue weighted by molar-refractivity contribution is 6.30. The standard InChI is InChI=1S/C21H20ClFN2O5/c1-21-6-3-7-30-14(21)10-25-9-12(17(26)18(27)16(25)19(21)28)20(29)24-8-11-4-2-5-13(22)15(11)23/h2,4-5,9,14,27H,3,6-8,10H2,1H3,(H,24,29)/t14-,21+/m0/s1. The van der Waals surface area contributed by atoms with E-state index in [9.17, 15) is 23.9 Å². The van der Waals surface area contributed by atoms with Crippen molar-refractivity contribution in [3.63, 3.8) is 0 Å². The minimum absolute atomic E-state index is 0.0812. The van der Waals surface area contributed by atoms with Gasteiger partial charge in [0.1, 0.15) is 17.1 Å². The maximum Gasteiger partial charge on any atom is 0.257 e. The molecule has 0 saturated carbocycles. The van der Waals surface area contributed by atoms with E-state index in [0.717, 1.165) is 0 Å². The summed E-state index contributed by atoms with van der Waals surface area (Å²) in [6, 6.07) is 4.38. The summed E-state index contributed by atoms with van der Waals surface area (Å²) >= 11 is 5.73. The van der Waals surface area contributed by atoms with Crippen LogP contribution >= 0.6 is 11.6 Å². The van der Waals surface area contributed by atoms with E-state index in [-0.39, 0.29) is 40.7 Å². The predicted octanol–water partition coefficient (Wildman–Crippen LogP) is 2.66. The van der Waals surface area contributed by atoms with Gasteiger partial charge in [0.15, 0.2) is 11.5 Å². The number of Topliss-reactive ketones (excluding diaryl/α,β-unsaturated/α-hetero) is 1. The average Bonchev–Trinajstić information content (AvgIpc) is 2.72. The molecular weight excluding hydrogens is 415 g/mol. The molecule has 1 saturated heterocycles. The first kappa shape index (κ1) is 20.6. The van der Waals surface area contributed by atoms with Crippen molar-refractivity contribution in [2.75, 3.05) is 6.61 Å². The Balaban J connectivity index is 1.65. The number of halogens is 2. The van der Waals surface area contributed by atoms with Crippen LogP contribution in [0.4, 0.5) is 4.39 Å². The van der Waals surface area contributed by atoms with E-state index in [1.54, 1.807) is 13.0 Å². The van der Waals surface area contributed by atoms with Crippen LogP contribution in [0.5, 0.6) is 5.75 Å². The molecule has 0 aliphatic carbocycles. The minimum Gasteiger partial charge on any atom is -0.503 e. The summed E-state index contributed by atoms with van der Waals surface area (Å²) in [5.41, 5.74) is -2.07. The number of hydrogen-bond acceptors (Lipinski definition) is 5. The summed E-state index contributed by atoms with van der Waals surface area (Å²) in [6.45, 7) is 2.32. The first-order chi connectivity index (χ1) is 14.2. The van der Waals surface area contributed by atoms with E-state index < -0.39 is 34.4 Å². The number of aromatic hydroxyl groups is 1. The summed E-state index contributed by atoms with van der Waals surface area (Å²) in [7, 11) is 0. The van der Waals surface area contributed by atoms with E-state index in [4.69, 9.17) is 16.3 Å². The lowest BCUT2D eigenvalue weighted by Gasteiger charge is -2.44. The summed E-state index contributed by atoms with van der Waals surface area (Å²) in [5, 5.41) is 12.8. The molecule has 7 nitrogen and oxygen atoms in total. The van der Waals surface area contributed by atoms with Crippen molar-refractivity contribution < 1.29 is 23.8 Å². The van der Waals surface area contributed by atoms with Crippen molar-refractivity contribution in [2.45, 2.75) is 39.0 Å². The van der Waals surface area contributed by atoms with Crippen molar-refractivity contribution in [3.05, 3.63) is 62.3 Å². The van der Waals surface area contributed by atoms with Crippen LogP contribution in [0.2, 0.25) is 5.02 Å². The van der Waals surface area contributed by atoms with Crippen molar-refractivity contribution in [2.24, 2.45) is 5.41 Å². The van der Waals surface area contributed by atoms with Gasteiger partial charge in [0, 0.05) is 24.9 Å². The molecule has 0 bridgehead atoms. The van der Waals surface area contributed by atoms with Gasteiger partial charge in [-0.25, -0.2) is 4.39 Å². The number of ketones is 1. The average molecular weight is 435 g/mol. The highest BCUT2D eigenvalue weighted by Gasteiger charge is 2.49. The number of ether oxygens (including phenoxy) is 1. The lowest BCUT2D eigenvalue weighted by atomic mass is 9.71. The van der Waals surface area contributed by atoms with E-state index in [0.29, 0.717) is 19.4 Å². The van der Waals surface area contributed by atoms with Crippen LogP contribution < -0.4 is 10.7 Å². The number of pyridine rings is 1. The Bertz CT molecular complexity index is 1120. The topological polar surface area (TPSA) is 97.6 Å². The summed E-state index contributed by atoms with van der Waals surface area (Å²) in [5.74, 6) is -2.59. The number of aromatic nitrogens is 1. The molecule has 2 aromatic rings. The van der Waals surface area contributed by atoms with Crippen LogP contribution in [-0.4, -0.2) is 34.1 Å². The van der Waals surface area contributed by atoms with E-state index in [1.807, 2.05) is 0 Å². The number of nitrogens with one attached hydrogen (secondary N) is 1. The number of rotatable bonds is 3. The van der Waals surface area contributed by atoms with Gasteiger partial charge in [-0.2, -0.15) is 0 Å². The second-order valence-corrected chi connectivity index (χ2v) is 8.23. The Morgan fingerprint density at radius 3 is 2.97 bits per heavy atom. The summed E-state index contributed by atoms with van der Waals surface area (Å²) in [4.78, 5) is 38.3. The van der Waals surface area contributed by atoms with Crippen molar-refractivity contribution >= 4 is 23.3 Å². The molecule has 2 aliphatic rings. The SMILES string of the molecule is C[C@@]12CCCO[C@H]1Cn1cc(C(=O)NCc3cccc(Cl)c3F)c(=O)c(O)c1C2=O. The lowest BCUT2D eigenvalue weighted by molar-refractivity contribution is -0.0740. The zero-order chi connectivity index (χ0) is 21.6. The van der Waals surface area contributed by atoms with Crippen LogP contribution in [0.25, 0.3) is 0 Å². The van der Waals surface area contributed by atoms with Crippen LogP contribution in [0.3, 0.4) is 0 Å². The maximum atomic E-state index is 14.0. The molecule has 30 heavy (non-hydrogen) atoms. The molecule has 0 radical (unpaired) electrons. The molecule has 0 unspecified atom stereocenters. The van der Waals surface area contributed by atoms with E-state index in [2.05, 4.69) is 5.32 Å². The zero-order valence-corrected chi connectivity index (χ0v) is 17.0. The highest BCUT2D eigenvalue weighted by atomic mass is 35.5. The van der Waals surface area contributed by atoms with Crippen molar-refractivity contribution in [1.29, 1.82) is 0 Å². The first-order valence-corrected chi connectivity index (χ1v) is 9.95. The molecule has 2 atom stereocenters. The van der Waals surface area contributed by atoms with Crippen LogP contribution in [-0.2, 0) is 17.8 Å². The van der Waals surface area contributed by atoms with Gasteiger partial charge in [-0.05, 0) is 25.8 Å². The fourth-order valence-corrected chi connectivity index (χ4v) is 4.32. The second-order valence-electron chi connectivity index (χ2n) is 7.83. The van der Waals surface area contributed by atoms with Gasteiger partial charge >= 0.3 is 0 Å². The Morgan fingerprint density at radius 1 is 1.43 bits per heavy atom. The molecule has 4 rings (SSSR count). The van der Waals surface area contributed by atoms with Crippen LogP contribution in [0.15, 0.2) is 29.2 Å². The van der Waals surface area contributed by atoms with E-state index >= 15 is 0 Å². The molecule has 2 aliphatic heterocycles. The van der Waals surface area contributed by atoms with Gasteiger partial charge < -0.3 is 19.7 Å². The Kier molecular flexibility index (Phi) is 5.15. The zero-order valence-electron chi connectivity index (χ0n) is 16.2. The van der Waals surface area contributed by atoms with Crippen LogP contribution in [0, 0.1) is 11.2 Å². The molecule has 1 aromatic heterocycles. The Labute approximate surface area is 176 Å². The smallest absolute Gasteiger partial charge is 0.257 e. The lowest BCUT2D eigenvalue weighted by Crippen LogP contribution is -2.52. The number of benzene rings is 1. The molecule has 3 heterocycles. The molecule has 158 valence electrons. The first-order valence-electron chi connectivity index (χ1n) is 9.58. The number of fused-ring (bicyclic) bond motifs is 2. The summed E-state index contributed by atoms with van der Waals surface area (Å²) in [6.07, 6.45) is 2.14. The van der Waals surface area contributed by atoms with Gasteiger partial charge in [0.05, 0.1) is 23.1 Å². The fourth-order valence-electron chi connectivity index (χ4n) is 4.12. The molecule has 1 amide bonds. The molecule has 1 fully saturated rings. The van der Waals surface area contributed by atoms with Crippen molar-refractivity contribution in [3.8, 4) is 5.75 Å². The number of hydrogen-bond donors (Lipinski definition) is 2. The molecule has 1 aromatic carbocycles. The molecule has 0 spiro atoms. The third kappa shape index (κ3) is 3.20. The van der Waals surface area contributed by atoms with Gasteiger partial charge in [-0.1, -0.05) is 23.7 Å². The predicted molar refractivity (Wildman–Crippen MR) is 106 cm³/mol. The highest BCUT2D eigenvalue weighted by Crippen LogP contribution is 2.42. The number of amides is 1. The fraction of sp³-hybridized carbons (Fsp3) is 0.381. The minimum atomic E-state index is -0.947. The molecular formula is C21H20ClFN2O5. The van der Waals surface area contributed by atoms with Gasteiger partial charge in [-0.15, -0.1) is 0 Å². The van der Waals surface area contributed by atoms with Gasteiger partial charge in [0.25, 0.3) is 5.91 Å². The Morgan fingerprint density at radius 2 is 2.20 bits per heavy atom. The quantitative estimate of drug-likeness (QED) is 0.774. The number of carbonyl (C=O) groups excluding carboxylic acids is 2. The summed E-state index contributed by atoms with van der Waals surface area (Å²) < 4.78 is 21.2. The van der Waals surface area contributed by atoms with Crippen LogP contribution in [0.1, 0.15) is 46.2 Å². The third-order valence-corrected chi connectivity index (χ3v) is 6.23. The molecule has 2 N–H and O–H groups in total. The maximum absolute atomic E-state index is 14.0. The second kappa shape index (κ2) is 7.52. The monoisotopic (exact) mass is 434 g/mol. The van der Waals surface area contributed by atoms with Gasteiger partial charge in [0.2, 0.25) is 5.43 Å². The normalized spacial score (nSPS) is 22.9. The van der Waals surface area contributed by atoms with Crippen molar-refractivity contribution in [1.82, 2.24) is 9.88 Å². The molecule has 9 heteroatoms. The number of nitrogens with zero attached hydrogens (tertiary/aromatic N) is 1. The Hall–Kier alpha value is -2.71. The van der Waals surface area contributed by atoms with E-state index in [1.165, 1.54) is 22.9 Å². The third-order valence-electron chi connectivity index (χ3n) is 5.94. The van der Waals surface area contributed by atoms with Gasteiger partial charge in [-0.3, -0.25) is 14.4 Å². The largest absolute Gasteiger partial charge is 0.503 e.